The largest absolute Gasteiger partial charge is 1.00 e. The van der Waals surface area contributed by atoms with Crippen LogP contribution in [-0.2, 0) is 23.8 Å². The van der Waals surface area contributed by atoms with Gasteiger partial charge in [0.25, 0.3) is 0 Å². The summed E-state index contributed by atoms with van der Waals surface area (Å²) >= 11 is -2.23. The van der Waals surface area contributed by atoms with Gasteiger partial charge in [-0.15, -0.1) is 0 Å². The van der Waals surface area contributed by atoms with Gasteiger partial charge >= 0.3 is 229 Å². The average Bonchev–Trinajstić information content (AvgIpc) is 3.49. The van der Waals surface area contributed by atoms with Crippen LogP contribution in [0.2, 0.25) is 0 Å². The van der Waals surface area contributed by atoms with Gasteiger partial charge in [0, 0.05) is 0 Å². The molecule has 0 nitrogen and oxygen atoms in total. The van der Waals surface area contributed by atoms with Crippen molar-refractivity contribution in [1.82, 2.24) is 0 Å². The summed E-state index contributed by atoms with van der Waals surface area (Å²) in [7, 11) is 0. The van der Waals surface area contributed by atoms with Crippen molar-refractivity contribution in [2.75, 3.05) is 0 Å². The first-order valence-corrected chi connectivity index (χ1v) is 15.8. The molecule has 1 atom stereocenters. The van der Waals surface area contributed by atoms with E-state index >= 15 is 0 Å². The fraction of sp³-hybridized carbons (Fsp3) is 0.194. The van der Waals surface area contributed by atoms with E-state index in [0.29, 0.717) is 5.92 Å². The van der Waals surface area contributed by atoms with Crippen LogP contribution in [0.5, 0.6) is 0 Å². The van der Waals surface area contributed by atoms with Gasteiger partial charge in [-0.25, -0.2) is 0 Å². The molecule has 0 aromatic heterocycles. The van der Waals surface area contributed by atoms with E-state index in [1.54, 1.807) is 17.1 Å². The summed E-state index contributed by atoms with van der Waals surface area (Å²) in [4.78, 5) is 0. The molecule has 0 heterocycles. The molecule has 4 aromatic carbocycles. The summed E-state index contributed by atoms with van der Waals surface area (Å²) in [5.41, 5.74) is 10.2. The van der Waals surface area contributed by atoms with Gasteiger partial charge in [-0.3, -0.25) is 0 Å². The number of allylic oxidation sites excluding steroid dienone is 4. The molecule has 0 saturated heterocycles. The maximum Gasteiger partial charge on any atom is -1.00 e. The summed E-state index contributed by atoms with van der Waals surface area (Å²) in [6, 6.07) is 38.5. The standard InChI is InChI=1S/C13H9.C13H10.C10H15.2ClH.Ti/c1-3-7-12-10(5-1)9-11-6-2-4-8-13(11)12;1-3-7-12(8-4-1)11-13-9-5-2-6-10-13;1-8-5-6-9(7-8)10(2,3)4;;;/h1-5,7-8H,9H2;1-10H;6-8H,1-4H3;2*1H;/q;;;;;+2/p-2. The van der Waals surface area contributed by atoms with Crippen molar-refractivity contribution in [3.8, 4) is 11.1 Å². The van der Waals surface area contributed by atoms with E-state index < -0.39 is 17.4 Å². The Morgan fingerprint density at radius 3 is 1.85 bits per heavy atom. The van der Waals surface area contributed by atoms with Crippen LogP contribution in [0, 0.1) is 11.3 Å². The molecule has 2 aliphatic rings. The topological polar surface area (TPSA) is 0 Å². The molecule has 0 spiro atoms. The van der Waals surface area contributed by atoms with Crippen molar-refractivity contribution in [2.24, 2.45) is 11.3 Å². The Kier molecular flexibility index (Phi) is 9.04. The van der Waals surface area contributed by atoms with Crippen LogP contribution in [0.4, 0.5) is 0 Å². The van der Waals surface area contributed by atoms with E-state index in [4.69, 9.17) is 0 Å². The molecule has 196 valence electrons. The number of hydrogen-bond donors (Lipinski definition) is 0. The molecule has 0 N–H and O–H groups in total. The van der Waals surface area contributed by atoms with Gasteiger partial charge in [-0.05, 0) is 0 Å². The second-order valence-corrected chi connectivity index (χ2v) is 15.1. The van der Waals surface area contributed by atoms with Crippen LogP contribution in [0.25, 0.3) is 11.1 Å². The van der Waals surface area contributed by atoms with E-state index in [-0.39, 0.29) is 30.2 Å². The molecule has 0 radical (unpaired) electrons. The van der Waals surface area contributed by atoms with Gasteiger partial charge in [0.2, 0.25) is 0 Å². The maximum absolute atomic E-state index is 2.59. The Morgan fingerprint density at radius 2 is 1.26 bits per heavy atom. The van der Waals surface area contributed by atoms with Crippen molar-refractivity contribution in [3.05, 3.63) is 147 Å². The predicted molar refractivity (Wildman–Crippen MR) is 155 cm³/mol. The molecule has 1 unspecified atom stereocenters. The third-order valence-electron chi connectivity index (χ3n) is 7.88. The summed E-state index contributed by atoms with van der Waals surface area (Å²) in [6.07, 6.45) is 6.16. The SMILES string of the molecule is CC1C=C(C(C)(C)C)C=[C]1[Ti+2](=[C](c1ccccc1)c1ccccc1)[c]1cccc2c1Cc1ccccc1-2.[Cl-].[Cl-]. The number of fused-ring (bicyclic) bond motifs is 3. The Morgan fingerprint density at radius 1 is 0.692 bits per heavy atom. The molecule has 0 fully saturated rings. The number of halogens is 2. The van der Waals surface area contributed by atoms with Crippen LogP contribution in [-0.4, -0.2) is 3.81 Å². The summed E-state index contributed by atoms with van der Waals surface area (Å²) in [5.74, 6) is 0.450. The molecule has 0 saturated carbocycles. The molecule has 0 aliphatic heterocycles. The number of rotatable bonds is 4. The Labute approximate surface area is 252 Å². The minimum atomic E-state index is -2.23. The Hall–Kier alpha value is -2.48. The van der Waals surface area contributed by atoms with Crippen LogP contribution < -0.4 is 28.7 Å². The van der Waals surface area contributed by atoms with Gasteiger partial charge in [-0.1, -0.05) is 0 Å². The first-order valence-electron chi connectivity index (χ1n) is 13.4. The zero-order chi connectivity index (χ0) is 25.6. The zero-order valence-corrected chi connectivity index (χ0v) is 26.1. The zero-order valence-electron chi connectivity index (χ0n) is 23.0. The third-order valence-corrected chi connectivity index (χ3v) is 13.0. The quantitative estimate of drug-likeness (QED) is 0.284. The van der Waals surface area contributed by atoms with Crippen LogP contribution >= 0.6 is 0 Å². The molecular formula is C36H34Cl2Ti. The van der Waals surface area contributed by atoms with Crippen LogP contribution in [0.15, 0.2) is 125 Å². The van der Waals surface area contributed by atoms with Crippen molar-refractivity contribution in [1.29, 1.82) is 0 Å². The summed E-state index contributed by atoms with van der Waals surface area (Å²) in [6.45, 7) is 9.46. The van der Waals surface area contributed by atoms with Gasteiger partial charge in [-0.2, -0.15) is 0 Å². The number of hydrogen-bond acceptors (Lipinski definition) is 0. The molecule has 4 aromatic rings. The Balaban J connectivity index is 0.00000176. The molecule has 39 heavy (non-hydrogen) atoms. The number of benzene rings is 4. The maximum atomic E-state index is 2.59. The first-order chi connectivity index (χ1) is 17.9. The molecule has 0 bridgehead atoms. The summed E-state index contributed by atoms with van der Waals surface area (Å²) < 4.78 is 4.84. The predicted octanol–water partition coefficient (Wildman–Crippen LogP) is 2.28. The molecule has 3 heteroatoms. The molecule has 6 rings (SSSR count). The van der Waals surface area contributed by atoms with Gasteiger partial charge in [0.1, 0.15) is 0 Å². The van der Waals surface area contributed by atoms with E-state index in [1.165, 1.54) is 33.4 Å². The van der Waals surface area contributed by atoms with Gasteiger partial charge in [0.15, 0.2) is 0 Å². The van der Waals surface area contributed by atoms with Crippen LogP contribution in [0.1, 0.15) is 49.9 Å². The fourth-order valence-electron chi connectivity index (χ4n) is 5.96. The molecule has 0 amide bonds. The van der Waals surface area contributed by atoms with Crippen molar-refractivity contribution in [3.63, 3.8) is 0 Å². The van der Waals surface area contributed by atoms with Crippen molar-refractivity contribution < 1.29 is 42.2 Å². The monoisotopic (exact) mass is 584 g/mol. The average molecular weight is 585 g/mol. The second kappa shape index (κ2) is 12.0. The van der Waals surface area contributed by atoms with Crippen molar-refractivity contribution in [2.45, 2.75) is 34.1 Å². The Bertz CT molecular complexity index is 1530. The smallest absolute Gasteiger partial charge is 1.00 e. The minimum Gasteiger partial charge on any atom is -1.00 e. The third kappa shape index (κ3) is 5.59. The van der Waals surface area contributed by atoms with E-state index in [0.717, 1.165) is 6.42 Å². The van der Waals surface area contributed by atoms with E-state index in [2.05, 4.69) is 143 Å². The van der Waals surface area contributed by atoms with Crippen molar-refractivity contribution >= 4 is 7.68 Å². The second-order valence-electron chi connectivity index (χ2n) is 11.4. The molecule has 2 aliphatic carbocycles. The first kappa shape index (κ1) is 29.5. The van der Waals surface area contributed by atoms with E-state index in [9.17, 15) is 0 Å². The van der Waals surface area contributed by atoms with Gasteiger partial charge < -0.3 is 24.8 Å². The minimum absolute atomic E-state index is 0. The van der Waals surface area contributed by atoms with Gasteiger partial charge in [0.05, 0.1) is 0 Å². The molecular weight excluding hydrogens is 551 g/mol. The van der Waals surface area contributed by atoms with Crippen LogP contribution in [0.3, 0.4) is 0 Å². The van der Waals surface area contributed by atoms with E-state index in [1.807, 2.05) is 0 Å². The fourth-order valence-corrected chi connectivity index (χ4v) is 11.3. The summed E-state index contributed by atoms with van der Waals surface area (Å²) in [5, 5.41) is 0. The normalized spacial score (nSPS) is 15.0.